The van der Waals surface area contributed by atoms with E-state index in [9.17, 15) is 19.5 Å². The average Bonchev–Trinajstić information content (AvgIpc) is 3.28. The van der Waals surface area contributed by atoms with Gasteiger partial charge in [0.2, 0.25) is 11.6 Å². The first-order valence-corrected chi connectivity index (χ1v) is 12.8. The van der Waals surface area contributed by atoms with Crippen LogP contribution in [0, 0.1) is 39.9 Å². The van der Waals surface area contributed by atoms with Gasteiger partial charge in [-0.2, -0.15) is 0 Å². The van der Waals surface area contributed by atoms with Crippen LogP contribution >= 0.6 is 0 Å². The van der Waals surface area contributed by atoms with Gasteiger partial charge < -0.3 is 14.6 Å². The third-order valence-corrected chi connectivity index (χ3v) is 10.6. The predicted molar refractivity (Wildman–Crippen MR) is 126 cm³/mol. The maximum Gasteiger partial charge on any atom is 0.233 e. The summed E-state index contributed by atoms with van der Waals surface area (Å²) in [5, 5.41) is 11.9. The van der Waals surface area contributed by atoms with Gasteiger partial charge in [0.05, 0.1) is 12.2 Å². The van der Waals surface area contributed by atoms with Gasteiger partial charge in [-0.05, 0) is 55.1 Å². The molecule has 0 aromatic heterocycles. The number of aliphatic hydroxyl groups excluding tert-OH is 1. The summed E-state index contributed by atoms with van der Waals surface area (Å²) in [4.78, 5) is 39.1. The van der Waals surface area contributed by atoms with E-state index >= 15 is 0 Å². The molecular formula is C28H38O6. The second kappa shape index (κ2) is 7.44. The largest absolute Gasteiger partial charge is 0.392 e. The van der Waals surface area contributed by atoms with Gasteiger partial charge in [-0.3, -0.25) is 14.4 Å². The summed E-state index contributed by atoms with van der Waals surface area (Å²) in [7, 11) is 0. The van der Waals surface area contributed by atoms with E-state index in [1.54, 1.807) is 12.2 Å². The highest BCUT2D eigenvalue weighted by Gasteiger charge is 2.78. The van der Waals surface area contributed by atoms with Crippen LogP contribution in [0.1, 0.15) is 67.2 Å². The summed E-state index contributed by atoms with van der Waals surface area (Å²) in [5.41, 5.74) is -1.95. The zero-order valence-electron chi connectivity index (χ0n) is 21.2. The number of carbonyl (C=O) groups is 3. The van der Waals surface area contributed by atoms with Crippen molar-refractivity contribution in [2.45, 2.75) is 85.0 Å². The molecule has 0 spiro atoms. The van der Waals surface area contributed by atoms with Crippen molar-refractivity contribution >= 4 is 17.3 Å². The first-order chi connectivity index (χ1) is 15.8. The molecule has 6 nitrogen and oxygen atoms in total. The van der Waals surface area contributed by atoms with Crippen molar-refractivity contribution in [1.82, 2.24) is 0 Å². The Labute approximate surface area is 202 Å². The zero-order valence-corrected chi connectivity index (χ0v) is 21.2. The Balaban J connectivity index is 1.61. The second-order valence-corrected chi connectivity index (χ2v) is 12.5. The van der Waals surface area contributed by atoms with Crippen LogP contribution in [0.5, 0.6) is 0 Å². The number of allylic oxidation sites excluding steroid dienone is 4. The number of ether oxygens (including phenoxy) is 2. The Morgan fingerprint density at radius 1 is 1.18 bits per heavy atom. The summed E-state index contributed by atoms with van der Waals surface area (Å²) < 4.78 is 12.1. The molecule has 0 amide bonds. The Morgan fingerprint density at radius 2 is 1.88 bits per heavy atom. The van der Waals surface area contributed by atoms with Crippen molar-refractivity contribution in [3.8, 4) is 0 Å². The molecule has 1 N–H and O–H groups in total. The summed E-state index contributed by atoms with van der Waals surface area (Å²) >= 11 is 0. The first-order valence-electron chi connectivity index (χ1n) is 12.8. The molecule has 6 heteroatoms. The van der Waals surface area contributed by atoms with Crippen LogP contribution in [0.3, 0.4) is 0 Å². The Bertz CT molecular complexity index is 1010. The lowest BCUT2D eigenvalue weighted by Gasteiger charge is -2.66. The molecule has 0 aromatic carbocycles. The Hall–Kier alpha value is -1.63. The Kier molecular flexibility index (Phi) is 5.27. The lowest BCUT2D eigenvalue weighted by atomic mass is 9.38. The van der Waals surface area contributed by atoms with Gasteiger partial charge in [-0.25, -0.2) is 0 Å². The zero-order chi connectivity index (χ0) is 24.8. The number of hydrogen-bond acceptors (Lipinski definition) is 6. The molecule has 4 aliphatic carbocycles. The molecule has 0 bridgehead atoms. The number of ketones is 3. The minimum Gasteiger partial charge on any atom is -0.392 e. The van der Waals surface area contributed by atoms with Crippen molar-refractivity contribution in [3.05, 3.63) is 23.8 Å². The van der Waals surface area contributed by atoms with Gasteiger partial charge in [-0.15, -0.1) is 0 Å². The van der Waals surface area contributed by atoms with Crippen LogP contribution in [0.25, 0.3) is 0 Å². The second-order valence-electron chi connectivity index (χ2n) is 12.5. The van der Waals surface area contributed by atoms with Gasteiger partial charge in [0.15, 0.2) is 11.4 Å². The SMILES string of the molecule is CC(C)CC(=O)C(=O)[C@@]12OCO[C@@H]1CC1C3C[C@H](C)C4=CC(=O)C=CC4(C)[C@@]3(C)C(O)CC12C. The fourth-order valence-corrected chi connectivity index (χ4v) is 8.77. The summed E-state index contributed by atoms with van der Waals surface area (Å²) in [5.74, 6) is -0.511. The van der Waals surface area contributed by atoms with Crippen molar-refractivity contribution in [2.75, 3.05) is 6.79 Å². The molecule has 5 unspecified atom stereocenters. The normalized spacial score (nSPS) is 49.2. The number of rotatable bonds is 4. The predicted octanol–water partition coefficient (Wildman–Crippen LogP) is 3.81. The lowest BCUT2D eigenvalue weighted by molar-refractivity contribution is -0.213. The number of hydrogen-bond donors (Lipinski definition) is 1. The highest BCUT2D eigenvalue weighted by molar-refractivity contribution is 6.40. The number of carbonyl (C=O) groups excluding carboxylic acids is 3. The number of fused-ring (bicyclic) bond motifs is 7. The minimum absolute atomic E-state index is 0.00178. The highest BCUT2D eigenvalue weighted by atomic mass is 16.7. The quantitative estimate of drug-likeness (QED) is 0.629. The van der Waals surface area contributed by atoms with Crippen LogP contribution in [0.2, 0.25) is 0 Å². The maximum atomic E-state index is 13.8. The van der Waals surface area contributed by atoms with E-state index in [1.807, 2.05) is 26.8 Å². The molecule has 9 atom stereocenters. The molecule has 186 valence electrons. The summed E-state index contributed by atoms with van der Waals surface area (Å²) in [6.07, 6.45) is 6.16. The van der Waals surface area contributed by atoms with Gasteiger partial charge >= 0.3 is 0 Å². The third-order valence-electron chi connectivity index (χ3n) is 10.6. The van der Waals surface area contributed by atoms with E-state index in [0.29, 0.717) is 12.8 Å². The van der Waals surface area contributed by atoms with Crippen LogP contribution in [-0.4, -0.2) is 47.1 Å². The molecule has 1 saturated heterocycles. The molecule has 1 aliphatic heterocycles. The van der Waals surface area contributed by atoms with Gasteiger partial charge in [0.1, 0.15) is 6.79 Å². The van der Waals surface area contributed by atoms with Crippen LogP contribution in [-0.2, 0) is 23.9 Å². The maximum absolute atomic E-state index is 13.8. The lowest BCUT2D eigenvalue weighted by Crippen LogP contribution is -2.68. The molecule has 5 rings (SSSR count). The topological polar surface area (TPSA) is 89.9 Å². The van der Waals surface area contributed by atoms with Crippen molar-refractivity contribution in [2.24, 2.45) is 39.9 Å². The molecule has 0 radical (unpaired) electrons. The smallest absolute Gasteiger partial charge is 0.233 e. The van der Waals surface area contributed by atoms with E-state index in [-0.39, 0.29) is 42.7 Å². The van der Waals surface area contributed by atoms with Crippen LogP contribution in [0.15, 0.2) is 23.8 Å². The molecule has 4 fully saturated rings. The molecule has 3 saturated carbocycles. The fourth-order valence-electron chi connectivity index (χ4n) is 8.77. The van der Waals surface area contributed by atoms with Crippen molar-refractivity contribution < 1.29 is 29.0 Å². The van der Waals surface area contributed by atoms with Gasteiger partial charge in [0, 0.05) is 22.7 Å². The summed E-state index contributed by atoms with van der Waals surface area (Å²) in [6, 6.07) is 0. The van der Waals surface area contributed by atoms with Crippen LogP contribution < -0.4 is 0 Å². The molecule has 34 heavy (non-hydrogen) atoms. The fraction of sp³-hybridized carbons (Fsp3) is 0.750. The average molecular weight is 471 g/mol. The van der Waals surface area contributed by atoms with Crippen molar-refractivity contribution in [1.29, 1.82) is 0 Å². The summed E-state index contributed by atoms with van der Waals surface area (Å²) in [6.45, 7) is 12.3. The molecule has 5 aliphatic rings. The minimum atomic E-state index is -1.34. The standard InChI is InChI=1S/C28H38O6/c1-15(2)9-21(30)24(32)28-23(33-14-34-28)12-19-20-10-16(3)18-11-17(29)7-8-25(18,4)27(20,6)22(31)13-26(19,28)5/h7-8,11,15-16,19-20,22-23,31H,9-10,12-14H2,1-6H3/t16-,19?,20?,22?,23+,25?,26?,27+,28-/m0/s1. The van der Waals surface area contributed by atoms with Crippen molar-refractivity contribution in [3.63, 3.8) is 0 Å². The van der Waals surface area contributed by atoms with E-state index in [0.717, 1.165) is 12.0 Å². The van der Waals surface area contributed by atoms with Gasteiger partial charge in [-0.1, -0.05) is 53.2 Å². The number of aliphatic hydroxyl groups is 1. The van der Waals surface area contributed by atoms with E-state index in [1.165, 1.54) is 0 Å². The molecular weight excluding hydrogens is 432 g/mol. The van der Waals surface area contributed by atoms with E-state index in [4.69, 9.17) is 9.47 Å². The highest BCUT2D eigenvalue weighted by Crippen LogP contribution is 2.73. The van der Waals surface area contributed by atoms with E-state index < -0.39 is 45.6 Å². The third kappa shape index (κ3) is 2.71. The molecule has 0 aromatic rings. The monoisotopic (exact) mass is 470 g/mol. The first kappa shape index (κ1) is 24.1. The van der Waals surface area contributed by atoms with E-state index in [2.05, 4.69) is 20.8 Å². The Morgan fingerprint density at radius 3 is 2.56 bits per heavy atom. The number of Topliss-reactive ketones (excluding diaryl/α,β-unsaturated/α-hetero) is 2. The van der Waals surface area contributed by atoms with Crippen LogP contribution in [0.4, 0.5) is 0 Å². The van der Waals surface area contributed by atoms with Gasteiger partial charge in [0.25, 0.3) is 0 Å². The molecule has 1 heterocycles.